The van der Waals surface area contributed by atoms with Gasteiger partial charge in [0.2, 0.25) is 11.8 Å². The van der Waals surface area contributed by atoms with Crippen LogP contribution in [-0.4, -0.2) is 28.6 Å². The Morgan fingerprint density at radius 1 is 1.24 bits per heavy atom. The van der Waals surface area contributed by atoms with Crippen molar-refractivity contribution in [1.29, 1.82) is 0 Å². The summed E-state index contributed by atoms with van der Waals surface area (Å²) in [6, 6.07) is 0. The van der Waals surface area contributed by atoms with Crippen LogP contribution < -0.4 is 0 Å². The monoisotopic (exact) mass is 301 g/mol. The largest absolute Gasteiger partial charge is 0.282 e. The molecule has 2 rings (SSSR count). The number of hydrogen-bond acceptors (Lipinski definition) is 2. The fraction of sp³-hybridized carbons (Fsp3) is 0.846. The minimum absolute atomic E-state index is 0.0244. The molecule has 1 saturated carbocycles. The predicted molar refractivity (Wildman–Crippen MR) is 69.7 cm³/mol. The average Bonchev–Trinajstić information content (AvgIpc) is 2.73. The molecule has 1 heterocycles. The van der Waals surface area contributed by atoms with E-state index < -0.39 is 0 Å². The molecular formula is C13H20BrNO2. The third kappa shape index (κ3) is 2.28. The molecule has 4 heteroatoms. The molecule has 2 unspecified atom stereocenters. The summed E-state index contributed by atoms with van der Waals surface area (Å²) in [6.45, 7) is 6.81. The molecule has 2 aliphatic rings. The molecular weight excluding hydrogens is 282 g/mol. The Kier molecular flexibility index (Phi) is 3.36. The lowest BCUT2D eigenvalue weighted by atomic mass is 9.96. The van der Waals surface area contributed by atoms with Crippen LogP contribution in [0.25, 0.3) is 0 Å². The van der Waals surface area contributed by atoms with E-state index in [2.05, 4.69) is 36.7 Å². The minimum atomic E-state index is -0.0461. The third-order valence-electron chi connectivity index (χ3n) is 3.91. The standard InChI is InChI=1S/C13H20BrNO2/c1-8-4-9-10(5-8)12(17)15(11(9)16)7-13(2,3)6-14/h8-10H,4-7H2,1-3H3. The molecule has 0 aromatic heterocycles. The third-order valence-corrected chi connectivity index (χ3v) is 5.43. The van der Waals surface area contributed by atoms with Crippen molar-refractivity contribution >= 4 is 27.7 Å². The van der Waals surface area contributed by atoms with Gasteiger partial charge in [-0.05, 0) is 24.2 Å². The molecule has 3 nitrogen and oxygen atoms in total. The number of halogens is 1. The molecule has 0 spiro atoms. The van der Waals surface area contributed by atoms with E-state index in [4.69, 9.17) is 0 Å². The van der Waals surface area contributed by atoms with Crippen molar-refractivity contribution in [2.24, 2.45) is 23.2 Å². The van der Waals surface area contributed by atoms with E-state index in [0.29, 0.717) is 12.5 Å². The number of nitrogens with zero attached hydrogens (tertiary/aromatic N) is 1. The van der Waals surface area contributed by atoms with Crippen molar-refractivity contribution in [2.45, 2.75) is 33.6 Å². The quantitative estimate of drug-likeness (QED) is 0.593. The van der Waals surface area contributed by atoms with Crippen LogP contribution in [0.15, 0.2) is 0 Å². The van der Waals surface area contributed by atoms with Gasteiger partial charge in [-0.3, -0.25) is 14.5 Å². The van der Waals surface area contributed by atoms with Gasteiger partial charge < -0.3 is 0 Å². The summed E-state index contributed by atoms with van der Waals surface area (Å²) in [4.78, 5) is 26.0. The molecule has 0 bridgehead atoms. The number of imide groups is 1. The van der Waals surface area contributed by atoms with E-state index >= 15 is 0 Å². The number of carbonyl (C=O) groups excluding carboxylic acids is 2. The first-order chi connectivity index (χ1) is 7.85. The number of hydrogen-bond donors (Lipinski definition) is 0. The summed E-state index contributed by atoms with van der Waals surface area (Å²) in [5.41, 5.74) is -0.0461. The van der Waals surface area contributed by atoms with E-state index in [-0.39, 0.29) is 29.1 Å². The van der Waals surface area contributed by atoms with Crippen LogP contribution in [0.3, 0.4) is 0 Å². The summed E-state index contributed by atoms with van der Waals surface area (Å²) in [5.74, 6) is 0.605. The van der Waals surface area contributed by atoms with Crippen molar-refractivity contribution in [1.82, 2.24) is 4.90 Å². The lowest BCUT2D eigenvalue weighted by Gasteiger charge is -2.28. The maximum atomic E-state index is 12.2. The Labute approximate surface area is 111 Å². The fourth-order valence-corrected chi connectivity index (χ4v) is 3.15. The molecule has 0 aromatic carbocycles. The van der Waals surface area contributed by atoms with E-state index in [1.165, 1.54) is 4.90 Å². The molecule has 0 N–H and O–H groups in total. The number of alkyl halides is 1. The number of carbonyl (C=O) groups is 2. The Bertz CT molecular complexity index is 329. The highest BCUT2D eigenvalue weighted by Crippen LogP contribution is 2.43. The number of rotatable bonds is 3. The Morgan fingerprint density at radius 2 is 1.71 bits per heavy atom. The maximum Gasteiger partial charge on any atom is 0.233 e. The lowest BCUT2D eigenvalue weighted by Crippen LogP contribution is -2.40. The summed E-state index contributed by atoms with van der Waals surface area (Å²) in [5, 5.41) is 0.794. The van der Waals surface area contributed by atoms with E-state index in [0.717, 1.165) is 18.2 Å². The number of likely N-dealkylation sites (tertiary alicyclic amines) is 1. The van der Waals surface area contributed by atoms with Crippen LogP contribution in [0.1, 0.15) is 33.6 Å². The molecule has 2 atom stereocenters. The zero-order valence-corrected chi connectivity index (χ0v) is 12.3. The molecule has 2 fully saturated rings. The van der Waals surface area contributed by atoms with Crippen molar-refractivity contribution in [3.63, 3.8) is 0 Å². The van der Waals surface area contributed by atoms with Gasteiger partial charge in [0.25, 0.3) is 0 Å². The minimum Gasteiger partial charge on any atom is -0.282 e. The van der Waals surface area contributed by atoms with Crippen LogP contribution in [-0.2, 0) is 9.59 Å². The summed E-state index contributed by atoms with van der Waals surface area (Å²) < 4.78 is 0. The number of amides is 2. The number of fused-ring (bicyclic) bond motifs is 1. The summed E-state index contributed by atoms with van der Waals surface area (Å²) >= 11 is 3.44. The topological polar surface area (TPSA) is 37.4 Å². The van der Waals surface area contributed by atoms with Gasteiger partial charge in [0.05, 0.1) is 11.8 Å². The first-order valence-corrected chi connectivity index (χ1v) is 7.39. The van der Waals surface area contributed by atoms with Gasteiger partial charge in [0.15, 0.2) is 0 Å². The van der Waals surface area contributed by atoms with Crippen molar-refractivity contribution < 1.29 is 9.59 Å². The molecule has 0 aromatic rings. The van der Waals surface area contributed by atoms with Gasteiger partial charge in [-0.1, -0.05) is 36.7 Å². The lowest BCUT2D eigenvalue weighted by molar-refractivity contribution is -0.141. The van der Waals surface area contributed by atoms with Gasteiger partial charge in [-0.15, -0.1) is 0 Å². The van der Waals surface area contributed by atoms with E-state index in [9.17, 15) is 9.59 Å². The van der Waals surface area contributed by atoms with Crippen LogP contribution in [0.5, 0.6) is 0 Å². The van der Waals surface area contributed by atoms with Gasteiger partial charge in [-0.25, -0.2) is 0 Å². The zero-order chi connectivity index (χ0) is 12.8. The highest BCUT2D eigenvalue weighted by atomic mass is 79.9. The highest BCUT2D eigenvalue weighted by Gasteiger charge is 2.52. The van der Waals surface area contributed by atoms with Crippen molar-refractivity contribution in [3.8, 4) is 0 Å². The average molecular weight is 302 g/mol. The molecule has 1 aliphatic carbocycles. The Hall–Kier alpha value is -0.380. The van der Waals surface area contributed by atoms with Crippen LogP contribution >= 0.6 is 15.9 Å². The van der Waals surface area contributed by atoms with Gasteiger partial charge >= 0.3 is 0 Å². The fourth-order valence-electron chi connectivity index (χ4n) is 2.97. The van der Waals surface area contributed by atoms with Gasteiger partial charge in [0, 0.05) is 11.9 Å². The van der Waals surface area contributed by atoms with Gasteiger partial charge in [0.1, 0.15) is 0 Å². The van der Waals surface area contributed by atoms with Gasteiger partial charge in [-0.2, -0.15) is 0 Å². The van der Waals surface area contributed by atoms with E-state index in [1.807, 2.05) is 0 Å². The molecule has 17 heavy (non-hydrogen) atoms. The van der Waals surface area contributed by atoms with Crippen LogP contribution in [0.4, 0.5) is 0 Å². The Balaban J connectivity index is 2.12. The second-order valence-corrected chi connectivity index (χ2v) is 6.91. The smallest absolute Gasteiger partial charge is 0.233 e. The van der Waals surface area contributed by atoms with E-state index in [1.54, 1.807) is 0 Å². The summed E-state index contributed by atoms with van der Waals surface area (Å²) in [7, 11) is 0. The summed E-state index contributed by atoms with van der Waals surface area (Å²) in [6.07, 6.45) is 1.78. The maximum absolute atomic E-state index is 12.2. The Morgan fingerprint density at radius 3 is 2.12 bits per heavy atom. The molecule has 1 saturated heterocycles. The zero-order valence-electron chi connectivity index (χ0n) is 10.7. The SMILES string of the molecule is CC1CC2C(=O)N(CC(C)(C)CBr)C(=O)C2C1. The molecule has 2 amide bonds. The highest BCUT2D eigenvalue weighted by molar-refractivity contribution is 9.09. The normalized spacial score (nSPS) is 33.4. The van der Waals surface area contributed by atoms with Crippen LogP contribution in [0, 0.1) is 23.2 Å². The molecule has 1 aliphatic heterocycles. The van der Waals surface area contributed by atoms with Crippen LogP contribution in [0.2, 0.25) is 0 Å². The first kappa shape index (κ1) is 13.1. The first-order valence-electron chi connectivity index (χ1n) is 6.27. The van der Waals surface area contributed by atoms with Crippen molar-refractivity contribution in [3.05, 3.63) is 0 Å². The second kappa shape index (κ2) is 4.38. The molecule has 0 radical (unpaired) electrons. The van der Waals surface area contributed by atoms with Crippen molar-refractivity contribution in [2.75, 3.05) is 11.9 Å². The second-order valence-electron chi connectivity index (χ2n) is 6.35. The molecule has 96 valence electrons. The predicted octanol–water partition coefficient (Wildman–Crippen LogP) is 2.44.